The second kappa shape index (κ2) is 6.06. The van der Waals surface area contributed by atoms with Crippen LogP contribution in [0.15, 0.2) is 36.9 Å². The SMILES string of the molecule is Cc1cc(NCC(n2cncn2)C(F)(F)F)c2cc(F)ccc2n1. The largest absolute Gasteiger partial charge is 0.412 e. The first kappa shape index (κ1) is 16.2. The number of aryl methyl sites for hydroxylation is 1. The van der Waals surface area contributed by atoms with Crippen LogP contribution in [0.3, 0.4) is 0 Å². The molecule has 0 saturated heterocycles. The van der Waals surface area contributed by atoms with Crippen LogP contribution in [0.25, 0.3) is 10.9 Å². The van der Waals surface area contributed by atoms with Gasteiger partial charge in [-0.1, -0.05) is 0 Å². The van der Waals surface area contributed by atoms with E-state index in [0.29, 0.717) is 22.3 Å². The molecule has 1 aromatic carbocycles. The molecule has 0 aliphatic rings. The topological polar surface area (TPSA) is 55.6 Å². The van der Waals surface area contributed by atoms with Crippen molar-refractivity contribution in [3.8, 4) is 0 Å². The van der Waals surface area contributed by atoms with Crippen molar-refractivity contribution < 1.29 is 17.6 Å². The lowest BCUT2D eigenvalue weighted by molar-refractivity contribution is -0.166. The van der Waals surface area contributed by atoms with Gasteiger partial charge in [-0.05, 0) is 31.2 Å². The Labute approximate surface area is 134 Å². The van der Waals surface area contributed by atoms with Crippen LogP contribution < -0.4 is 5.32 Å². The number of nitrogens with one attached hydrogen (secondary N) is 1. The molecule has 0 bridgehead atoms. The van der Waals surface area contributed by atoms with Gasteiger partial charge in [0.1, 0.15) is 18.5 Å². The van der Waals surface area contributed by atoms with Gasteiger partial charge in [-0.3, -0.25) is 4.98 Å². The lowest BCUT2D eigenvalue weighted by Gasteiger charge is -2.21. The molecule has 0 amide bonds. The molecule has 3 rings (SSSR count). The van der Waals surface area contributed by atoms with Crippen molar-refractivity contribution in [2.24, 2.45) is 0 Å². The maximum Gasteiger partial charge on any atom is 0.412 e. The molecule has 9 heteroatoms. The molecule has 2 aromatic heterocycles. The van der Waals surface area contributed by atoms with Crippen LogP contribution in [0.5, 0.6) is 0 Å². The minimum atomic E-state index is -4.51. The average Bonchev–Trinajstić information content (AvgIpc) is 3.00. The van der Waals surface area contributed by atoms with E-state index in [1.165, 1.54) is 18.2 Å². The number of benzene rings is 1. The van der Waals surface area contributed by atoms with Gasteiger partial charge in [0.25, 0.3) is 0 Å². The van der Waals surface area contributed by atoms with E-state index >= 15 is 0 Å². The fourth-order valence-electron chi connectivity index (χ4n) is 2.42. The fourth-order valence-corrected chi connectivity index (χ4v) is 2.42. The molecule has 1 atom stereocenters. The number of hydrogen-bond acceptors (Lipinski definition) is 4. The van der Waals surface area contributed by atoms with Crippen molar-refractivity contribution in [3.05, 3.63) is 48.4 Å². The van der Waals surface area contributed by atoms with E-state index < -0.39 is 24.6 Å². The summed E-state index contributed by atoms with van der Waals surface area (Å²) in [4.78, 5) is 7.80. The van der Waals surface area contributed by atoms with Crippen molar-refractivity contribution in [2.45, 2.75) is 19.1 Å². The van der Waals surface area contributed by atoms with Crippen LogP contribution in [0, 0.1) is 12.7 Å². The van der Waals surface area contributed by atoms with Gasteiger partial charge >= 0.3 is 6.18 Å². The maximum absolute atomic E-state index is 13.5. The average molecular weight is 339 g/mol. The van der Waals surface area contributed by atoms with E-state index in [4.69, 9.17) is 0 Å². The highest BCUT2D eigenvalue weighted by atomic mass is 19.4. The molecule has 24 heavy (non-hydrogen) atoms. The Morgan fingerprint density at radius 1 is 1.25 bits per heavy atom. The molecule has 5 nitrogen and oxygen atoms in total. The van der Waals surface area contributed by atoms with Crippen molar-refractivity contribution >= 4 is 16.6 Å². The summed E-state index contributed by atoms with van der Waals surface area (Å²) in [5.74, 6) is -0.486. The molecular formula is C15H13F4N5. The highest BCUT2D eigenvalue weighted by Gasteiger charge is 2.41. The van der Waals surface area contributed by atoms with E-state index in [2.05, 4.69) is 20.4 Å². The van der Waals surface area contributed by atoms with E-state index in [1.807, 2.05) is 0 Å². The molecule has 0 spiro atoms. The van der Waals surface area contributed by atoms with E-state index in [1.54, 1.807) is 13.0 Å². The van der Waals surface area contributed by atoms with Gasteiger partial charge in [-0.25, -0.2) is 14.1 Å². The number of pyridine rings is 1. The van der Waals surface area contributed by atoms with Crippen molar-refractivity contribution in [2.75, 3.05) is 11.9 Å². The smallest absolute Gasteiger partial charge is 0.382 e. The van der Waals surface area contributed by atoms with Crippen LogP contribution in [0.2, 0.25) is 0 Å². The van der Waals surface area contributed by atoms with Crippen molar-refractivity contribution in [3.63, 3.8) is 0 Å². The minimum Gasteiger partial charge on any atom is -0.382 e. The summed E-state index contributed by atoms with van der Waals surface area (Å²) in [6.07, 6.45) is -2.46. The summed E-state index contributed by atoms with van der Waals surface area (Å²) in [5, 5.41) is 6.71. The Morgan fingerprint density at radius 2 is 2.04 bits per heavy atom. The molecule has 0 saturated carbocycles. The Hall–Kier alpha value is -2.71. The first-order chi connectivity index (χ1) is 11.3. The summed E-state index contributed by atoms with van der Waals surface area (Å²) in [5.41, 5.74) is 1.50. The number of aromatic nitrogens is 4. The molecule has 0 fully saturated rings. The first-order valence-corrected chi connectivity index (χ1v) is 7.06. The predicted octanol–water partition coefficient (Wildman–Crippen LogP) is 3.49. The molecule has 2 heterocycles. The number of hydrogen-bond donors (Lipinski definition) is 1. The van der Waals surface area contributed by atoms with Gasteiger partial charge < -0.3 is 5.32 Å². The van der Waals surface area contributed by atoms with Crippen LogP contribution in [-0.2, 0) is 0 Å². The summed E-state index contributed by atoms with van der Waals surface area (Å²) in [6, 6.07) is 3.67. The maximum atomic E-state index is 13.5. The second-order valence-corrected chi connectivity index (χ2v) is 5.29. The van der Waals surface area contributed by atoms with Crippen LogP contribution in [-0.4, -0.2) is 32.5 Å². The van der Waals surface area contributed by atoms with Gasteiger partial charge in [-0.2, -0.15) is 18.3 Å². The van der Waals surface area contributed by atoms with Crippen LogP contribution in [0.1, 0.15) is 11.7 Å². The highest BCUT2D eigenvalue weighted by molar-refractivity contribution is 5.91. The third kappa shape index (κ3) is 3.29. The normalized spacial score (nSPS) is 13.2. The monoisotopic (exact) mass is 339 g/mol. The third-order valence-electron chi connectivity index (χ3n) is 3.52. The molecule has 1 N–H and O–H groups in total. The zero-order chi connectivity index (χ0) is 17.3. The lowest BCUT2D eigenvalue weighted by atomic mass is 10.1. The van der Waals surface area contributed by atoms with E-state index in [0.717, 1.165) is 17.3 Å². The van der Waals surface area contributed by atoms with Crippen molar-refractivity contribution in [1.29, 1.82) is 0 Å². The molecule has 0 radical (unpaired) electrons. The molecule has 1 unspecified atom stereocenters. The van der Waals surface area contributed by atoms with Gasteiger partial charge in [-0.15, -0.1) is 0 Å². The van der Waals surface area contributed by atoms with Gasteiger partial charge in [0.2, 0.25) is 0 Å². The molecular weight excluding hydrogens is 326 g/mol. The number of alkyl halides is 3. The molecule has 0 aliphatic heterocycles. The third-order valence-corrected chi connectivity index (χ3v) is 3.52. The summed E-state index contributed by atoms with van der Waals surface area (Å²) < 4.78 is 53.9. The number of anilines is 1. The first-order valence-electron chi connectivity index (χ1n) is 7.06. The Kier molecular flexibility index (Phi) is 4.08. The molecule has 3 aromatic rings. The minimum absolute atomic E-state index is 0.381. The summed E-state index contributed by atoms with van der Waals surface area (Å²) in [7, 11) is 0. The number of rotatable bonds is 4. The fraction of sp³-hybridized carbons (Fsp3) is 0.267. The Balaban J connectivity index is 1.93. The van der Waals surface area contributed by atoms with Gasteiger partial charge in [0, 0.05) is 23.3 Å². The quantitative estimate of drug-likeness (QED) is 0.740. The zero-order valence-corrected chi connectivity index (χ0v) is 12.5. The summed E-state index contributed by atoms with van der Waals surface area (Å²) in [6.45, 7) is 1.24. The number of fused-ring (bicyclic) bond motifs is 1. The molecule has 0 aliphatic carbocycles. The standard InChI is InChI=1S/C15H13F4N5/c1-9-4-13(11-5-10(16)2-3-12(11)23-9)21-6-14(15(17,18)19)24-8-20-7-22-24/h2-5,7-8,14H,6H2,1H3,(H,21,23). The van der Waals surface area contributed by atoms with Crippen LogP contribution in [0.4, 0.5) is 23.2 Å². The van der Waals surface area contributed by atoms with E-state index in [-0.39, 0.29) is 0 Å². The van der Waals surface area contributed by atoms with E-state index in [9.17, 15) is 17.6 Å². The zero-order valence-electron chi connectivity index (χ0n) is 12.5. The van der Waals surface area contributed by atoms with Crippen LogP contribution >= 0.6 is 0 Å². The predicted molar refractivity (Wildman–Crippen MR) is 80.0 cm³/mol. The highest BCUT2D eigenvalue weighted by Crippen LogP contribution is 2.31. The van der Waals surface area contributed by atoms with Gasteiger partial charge in [0.05, 0.1) is 5.52 Å². The van der Waals surface area contributed by atoms with Crippen molar-refractivity contribution in [1.82, 2.24) is 19.7 Å². The molecule has 126 valence electrons. The number of halogens is 4. The number of nitrogens with zero attached hydrogens (tertiary/aromatic N) is 4. The Bertz CT molecular complexity index is 845. The van der Waals surface area contributed by atoms with Gasteiger partial charge in [0.15, 0.2) is 6.04 Å². The summed E-state index contributed by atoms with van der Waals surface area (Å²) >= 11 is 0. The second-order valence-electron chi connectivity index (χ2n) is 5.29. The lowest BCUT2D eigenvalue weighted by Crippen LogP contribution is -2.33. The Morgan fingerprint density at radius 3 is 2.71 bits per heavy atom.